The van der Waals surface area contributed by atoms with Crippen molar-refractivity contribution in [3.8, 4) is 0 Å². The first kappa shape index (κ1) is 13.3. The van der Waals surface area contributed by atoms with Crippen LogP contribution in [0.5, 0.6) is 0 Å². The van der Waals surface area contributed by atoms with Crippen molar-refractivity contribution in [1.29, 1.82) is 0 Å². The summed E-state index contributed by atoms with van der Waals surface area (Å²) in [5.74, 6) is 0.311. The van der Waals surface area contributed by atoms with Gasteiger partial charge in [0.15, 0.2) is 0 Å². The largest absolute Gasteiger partial charge is 0.444 e. The smallest absolute Gasteiger partial charge is 0.410 e. The average Bonchev–Trinajstić information content (AvgIpc) is 2.16. The van der Waals surface area contributed by atoms with Gasteiger partial charge >= 0.3 is 6.09 Å². The fourth-order valence-corrected chi connectivity index (χ4v) is 1.85. The van der Waals surface area contributed by atoms with Crippen LogP contribution in [0.25, 0.3) is 0 Å². The van der Waals surface area contributed by atoms with Crippen LogP contribution in [0.3, 0.4) is 0 Å². The summed E-state index contributed by atoms with van der Waals surface area (Å²) >= 11 is 0. The number of nitrogens with one attached hydrogen (secondary N) is 1. The van der Waals surface area contributed by atoms with Gasteiger partial charge in [0, 0.05) is 19.6 Å². The maximum Gasteiger partial charge on any atom is 0.410 e. The number of carbonyl (C=O) groups excluding carboxylic acids is 1. The summed E-state index contributed by atoms with van der Waals surface area (Å²) in [6.45, 7) is 7.52. The quantitative estimate of drug-likeness (QED) is 0.707. The van der Waals surface area contributed by atoms with Gasteiger partial charge in [-0.15, -0.1) is 0 Å². The number of amides is 1. The molecule has 0 aromatic carbocycles. The Balaban J connectivity index is 2.44. The normalized spacial score (nSPS) is 22.0. The first-order chi connectivity index (χ1) is 7.42. The van der Waals surface area contributed by atoms with Crippen LogP contribution in [0.15, 0.2) is 0 Å². The molecule has 0 saturated carbocycles. The van der Waals surface area contributed by atoms with Crippen LogP contribution in [-0.2, 0) is 4.74 Å². The number of hydrogen-bond acceptors (Lipinski definition) is 4. The van der Waals surface area contributed by atoms with Crippen molar-refractivity contribution in [3.05, 3.63) is 0 Å². The van der Waals surface area contributed by atoms with Gasteiger partial charge in [-0.2, -0.15) is 0 Å². The minimum absolute atomic E-state index is 0.255. The predicted octanol–water partition coefficient (Wildman–Crippen LogP) is 1.61. The van der Waals surface area contributed by atoms with E-state index in [1.165, 1.54) is 0 Å². The van der Waals surface area contributed by atoms with Gasteiger partial charge in [-0.05, 0) is 39.5 Å². The SMILES string of the molecule is CC(C)(C)OC(=O)N1CCC[C@@H](CNO)C1. The van der Waals surface area contributed by atoms with Crippen LogP contribution >= 0.6 is 0 Å². The van der Waals surface area contributed by atoms with E-state index in [-0.39, 0.29) is 6.09 Å². The molecular weight excluding hydrogens is 208 g/mol. The first-order valence-electron chi connectivity index (χ1n) is 5.77. The highest BCUT2D eigenvalue weighted by molar-refractivity contribution is 5.68. The number of ether oxygens (including phenoxy) is 1. The van der Waals surface area contributed by atoms with Gasteiger partial charge in [0.1, 0.15) is 5.60 Å². The Morgan fingerprint density at radius 1 is 1.56 bits per heavy atom. The second-order valence-corrected chi connectivity index (χ2v) is 5.30. The molecule has 1 heterocycles. The van der Waals surface area contributed by atoms with Gasteiger partial charge in [0.2, 0.25) is 0 Å². The number of rotatable bonds is 2. The molecular formula is C11H22N2O3. The lowest BCUT2D eigenvalue weighted by atomic mass is 9.99. The number of hydroxylamine groups is 1. The summed E-state index contributed by atoms with van der Waals surface area (Å²) < 4.78 is 5.31. The molecule has 0 bridgehead atoms. The molecule has 1 fully saturated rings. The molecule has 94 valence electrons. The minimum Gasteiger partial charge on any atom is -0.444 e. The zero-order valence-corrected chi connectivity index (χ0v) is 10.3. The molecule has 1 rings (SSSR count). The Hall–Kier alpha value is -0.810. The second-order valence-electron chi connectivity index (χ2n) is 5.30. The van der Waals surface area contributed by atoms with Crippen LogP contribution in [-0.4, -0.2) is 41.4 Å². The molecule has 0 unspecified atom stereocenters. The lowest BCUT2D eigenvalue weighted by Gasteiger charge is -2.33. The average molecular weight is 230 g/mol. The van der Waals surface area contributed by atoms with Gasteiger partial charge in [-0.25, -0.2) is 10.3 Å². The van der Waals surface area contributed by atoms with E-state index in [1.807, 2.05) is 20.8 Å². The fourth-order valence-electron chi connectivity index (χ4n) is 1.85. The third-order valence-electron chi connectivity index (χ3n) is 2.55. The van der Waals surface area contributed by atoms with E-state index in [0.29, 0.717) is 19.0 Å². The predicted molar refractivity (Wildman–Crippen MR) is 60.3 cm³/mol. The van der Waals surface area contributed by atoms with Crippen molar-refractivity contribution in [3.63, 3.8) is 0 Å². The van der Waals surface area contributed by atoms with Crippen LogP contribution in [0, 0.1) is 5.92 Å². The first-order valence-corrected chi connectivity index (χ1v) is 5.77. The van der Waals surface area contributed by atoms with E-state index in [4.69, 9.17) is 9.94 Å². The fraction of sp³-hybridized carbons (Fsp3) is 0.909. The minimum atomic E-state index is -0.445. The number of hydrogen-bond donors (Lipinski definition) is 2. The van der Waals surface area contributed by atoms with Crippen LogP contribution in [0.1, 0.15) is 33.6 Å². The maximum atomic E-state index is 11.8. The molecule has 1 saturated heterocycles. The Bertz CT molecular complexity index is 236. The summed E-state index contributed by atoms with van der Waals surface area (Å²) in [6.07, 6.45) is 1.74. The van der Waals surface area contributed by atoms with E-state index in [2.05, 4.69) is 5.48 Å². The van der Waals surface area contributed by atoms with Crippen molar-refractivity contribution in [2.45, 2.75) is 39.2 Å². The van der Waals surface area contributed by atoms with Gasteiger partial charge in [-0.1, -0.05) is 0 Å². The molecule has 1 aliphatic heterocycles. The third kappa shape index (κ3) is 4.37. The van der Waals surface area contributed by atoms with Crippen molar-refractivity contribution >= 4 is 6.09 Å². The highest BCUT2D eigenvalue weighted by Gasteiger charge is 2.27. The summed E-state index contributed by atoms with van der Waals surface area (Å²) in [4.78, 5) is 13.5. The summed E-state index contributed by atoms with van der Waals surface area (Å²) in [6, 6.07) is 0. The maximum absolute atomic E-state index is 11.8. The molecule has 0 spiro atoms. The molecule has 0 radical (unpaired) electrons. The van der Waals surface area contributed by atoms with Crippen LogP contribution in [0.4, 0.5) is 4.79 Å². The highest BCUT2D eigenvalue weighted by Crippen LogP contribution is 2.18. The highest BCUT2D eigenvalue weighted by atomic mass is 16.6. The number of nitrogens with zero attached hydrogens (tertiary/aromatic N) is 1. The van der Waals surface area contributed by atoms with Crippen molar-refractivity contribution in [2.75, 3.05) is 19.6 Å². The number of likely N-dealkylation sites (tertiary alicyclic amines) is 1. The lowest BCUT2D eigenvalue weighted by Crippen LogP contribution is -2.44. The summed E-state index contributed by atoms with van der Waals surface area (Å²) in [5, 5.41) is 8.65. The van der Waals surface area contributed by atoms with Gasteiger partial charge in [-0.3, -0.25) is 0 Å². The number of carbonyl (C=O) groups is 1. The summed E-state index contributed by atoms with van der Waals surface area (Å²) in [7, 11) is 0. The molecule has 0 aromatic rings. The van der Waals surface area contributed by atoms with E-state index in [0.717, 1.165) is 19.4 Å². The zero-order chi connectivity index (χ0) is 12.2. The van der Waals surface area contributed by atoms with Gasteiger partial charge in [0.05, 0.1) is 0 Å². The Morgan fingerprint density at radius 3 is 2.81 bits per heavy atom. The molecule has 1 atom stereocenters. The Labute approximate surface area is 96.7 Å². The van der Waals surface area contributed by atoms with E-state index < -0.39 is 5.60 Å². The van der Waals surface area contributed by atoms with Gasteiger partial charge in [0.25, 0.3) is 0 Å². The lowest BCUT2D eigenvalue weighted by molar-refractivity contribution is 0.0142. The molecule has 5 heteroatoms. The molecule has 1 amide bonds. The van der Waals surface area contributed by atoms with Crippen LogP contribution < -0.4 is 5.48 Å². The van der Waals surface area contributed by atoms with Crippen molar-refractivity contribution < 1.29 is 14.7 Å². The molecule has 1 aliphatic rings. The molecule has 0 aliphatic carbocycles. The molecule has 5 nitrogen and oxygen atoms in total. The van der Waals surface area contributed by atoms with Crippen molar-refractivity contribution in [2.24, 2.45) is 5.92 Å². The van der Waals surface area contributed by atoms with Gasteiger partial charge < -0.3 is 14.8 Å². The zero-order valence-electron chi connectivity index (χ0n) is 10.3. The van der Waals surface area contributed by atoms with Crippen LogP contribution in [0.2, 0.25) is 0 Å². The molecule has 0 aromatic heterocycles. The van der Waals surface area contributed by atoms with E-state index in [1.54, 1.807) is 4.90 Å². The second kappa shape index (κ2) is 5.50. The number of piperidine rings is 1. The summed E-state index contributed by atoms with van der Waals surface area (Å²) in [5.41, 5.74) is 1.72. The monoisotopic (exact) mass is 230 g/mol. The van der Waals surface area contributed by atoms with E-state index >= 15 is 0 Å². The van der Waals surface area contributed by atoms with E-state index in [9.17, 15) is 4.79 Å². The topological polar surface area (TPSA) is 61.8 Å². The van der Waals surface area contributed by atoms with Crippen molar-refractivity contribution in [1.82, 2.24) is 10.4 Å². The molecule has 2 N–H and O–H groups in total. The Morgan fingerprint density at radius 2 is 2.25 bits per heavy atom. The molecule has 16 heavy (non-hydrogen) atoms. The standard InChI is InChI=1S/C11H22N2O3/c1-11(2,3)16-10(14)13-6-4-5-9(8-13)7-12-15/h9,12,15H,4-8H2,1-3H3/t9-/m0/s1. The third-order valence-corrected chi connectivity index (χ3v) is 2.55. The Kier molecular flexibility index (Phi) is 4.56.